The van der Waals surface area contributed by atoms with Gasteiger partial charge in [0.05, 0.1) is 12.7 Å². The summed E-state index contributed by atoms with van der Waals surface area (Å²) in [4.78, 5) is 0. The topological polar surface area (TPSA) is 50.7 Å². The van der Waals surface area contributed by atoms with Crippen LogP contribution in [0, 0.1) is 11.8 Å². The molecular formula is C22H28ClNO3. The van der Waals surface area contributed by atoms with Gasteiger partial charge in [0.15, 0.2) is 11.5 Å². The molecule has 0 radical (unpaired) electrons. The van der Waals surface area contributed by atoms with Crippen molar-refractivity contribution >= 4 is 12.4 Å². The van der Waals surface area contributed by atoms with Gasteiger partial charge in [-0.15, -0.1) is 12.4 Å². The molecule has 1 heterocycles. The van der Waals surface area contributed by atoms with E-state index in [1.807, 2.05) is 42.5 Å². The molecule has 146 valence electrons. The molecule has 2 N–H and O–H groups in total. The highest BCUT2D eigenvalue weighted by Gasteiger charge is 2.40. The summed E-state index contributed by atoms with van der Waals surface area (Å²) in [5.74, 6) is 2.67. The van der Waals surface area contributed by atoms with Crippen molar-refractivity contribution in [3.8, 4) is 11.5 Å². The lowest BCUT2D eigenvalue weighted by atomic mass is 9.78. The van der Waals surface area contributed by atoms with Crippen LogP contribution in [0.15, 0.2) is 54.6 Å². The van der Waals surface area contributed by atoms with Crippen molar-refractivity contribution < 1.29 is 14.6 Å². The van der Waals surface area contributed by atoms with E-state index in [4.69, 9.17) is 9.47 Å². The Kier molecular flexibility index (Phi) is 7.00. The van der Waals surface area contributed by atoms with Crippen molar-refractivity contribution in [3.05, 3.63) is 60.2 Å². The molecule has 2 aliphatic rings. The van der Waals surface area contributed by atoms with Gasteiger partial charge in [-0.05, 0) is 55.5 Å². The van der Waals surface area contributed by atoms with Gasteiger partial charge in [-0.2, -0.15) is 0 Å². The number of rotatable bonds is 6. The second-order valence-corrected chi connectivity index (χ2v) is 7.40. The smallest absolute Gasteiger partial charge is 0.161 e. The van der Waals surface area contributed by atoms with Crippen molar-refractivity contribution in [2.24, 2.45) is 11.8 Å². The van der Waals surface area contributed by atoms with E-state index < -0.39 is 6.10 Å². The molecule has 0 aromatic heterocycles. The average molecular weight is 390 g/mol. The molecule has 0 amide bonds. The Labute approximate surface area is 167 Å². The quantitative estimate of drug-likeness (QED) is 0.794. The maximum atomic E-state index is 10.5. The number of halogens is 1. The molecule has 4 nitrogen and oxygen atoms in total. The Hall–Kier alpha value is -1.75. The lowest BCUT2D eigenvalue weighted by molar-refractivity contribution is -0.0242. The van der Waals surface area contributed by atoms with E-state index in [0.29, 0.717) is 18.4 Å². The minimum atomic E-state index is -0.409. The summed E-state index contributed by atoms with van der Waals surface area (Å²) in [6.45, 7) is 2.66. The standard InChI is InChI=1S/C22H27NO3.ClH/c24-19-12-17-14-23-15-18(17)13-22(19)26-21-9-5-4-8-20(21)25-11-10-16-6-2-1-3-7-16;/h1-9,17-19,22-24H,10-15H2;1H/t17-,18+,19+,22+;/m0./s1. The number of benzene rings is 2. The summed E-state index contributed by atoms with van der Waals surface area (Å²) >= 11 is 0. The summed E-state index contributed by atoms with van der Waals surface area (Å²) in [5, 5.41) is 13.9. The Morgan fingerprint density at radius 2 is 1.56 bits per heavy atom. The second kappa shape index (κ2) is 9.45. The van der Waals surface area contributed by atoms with Gasteiger partial charge in [0, 0.05) is 6.42 Å². The van der Waals surface area contributed by atoms with Crippen LogP contribution in [-0.4, -0.2) is 37.0 Å². The highest BCUT2D eigenvalue weighted by Crippen LogP contribution is 2.36. The van der Waals surface area contributed by atoms with Crippen LogP contribution in [0.3, 0.4) is 0 Å². The van der Waals surface area contributed by atoms with E-state index >= 15 is 0 Å². The fourth-order valence-corrected chi connectivity index (χ4v) is 4.14. The van der Waals surface area contributed by atoms with Crippen LogP contribution in [0.5, 0.6) is 11.5 Å². The molecule has 1 saturated carbocycles. The first-order valence-electron chi connectivity index (χ1n) is 9.61. The van der Waals surface area contributed by atoms with Crippen LogP contribution in [0.4, 0.5) is 0 Å². The summed E-state index contributed by atoms with van der Waals surface area (Å²) in [5.41, 5.74) is 1.26. The molecule has 4 atom stereocenters. The zero-order valence-electron chi connectivity index (χ0n) is 15.4. The molecule has 1 aliphatic carbocycles. The van der Waals surface area contributed by atoms with E-state index in [0.717, 1.165) is 43.9 Å². The van der Waals surface area contributed by atoms with Crippen LogP contribution in [0.25, 0.3) is 0 Å². The van der Waals surface area contributed by atoms with E-state index in [-0.39, 0.29) is 18.5 Å². The first-order valence-corrected chi connectivity index (χ1v) is 9.61. The molecule has 0 bridgehead atoms. The highest BCUT2D eigenvalue weighted by atomic mass is 35.5. The number of para-hydroxylation sites is 2. The van der Waals surface area contributed by atoms with Crippen molar-refractivity contribution in [3.63, 3.8) is 0 Å². The van der Waals surface area contributed by atoms with Gasteiger partial charge in [-0.25, -0.2) is 0 Å². The van der Waals surface area contributed by atoms with Gasteiger partial charge in [-0.1, -0.05) is 42.5 Å². The molecule has 1 saturated heterocycles. The van der Waals surface area contributed by atoms with Gasteiger partial charge in [0.25, 0.3) is 0 Å². The third-order valence-corrected chi connectivity index (χ3v) is 5.61. The molecule has 4 rings (SSSR count). The summed E-state index contributed by atoms with van der Waals surface area (Å²) in [6.07, 6.45) is 2.01. The van der Waals surface area contributed by atoms with Gasteiger partial charge in [0.1, 0.15) is 6.10 Å². The SMILES string of the molecule is Cl.O[C@@H]1C[C@H]2CNC[C@H]2C[C@H]1Oc1ccccc1OCCc1ccccc1. The molecule has 0 spiro atoms. The number of fused-ring (bicyclic) bond motifs is 1. The molecule has 5 heteroatoms. The molecule has 2 fully saturated rings. The largest absolute Gasteiger partial charge is 0.489 e. The molecule has 27 heavy (non-hydrogen) atoms. The second-order valence-electron chi connectivity index (χ2n) is 7.40. The van der Waals surface area contributed by atoms with E-state index in [1.54, 1.807) is 0 Å². The fraction of sp³-hybridized carbons (Fsp3) is 0.455. The highest BCUT2D eigenvalue weighted by molar-refractivity contribution is 5.85. The minimum absolute atomic E-state index is 0. The minimum Gasteiger partial charge on any atom is -0.489 e. The normalized spacial score (nSPS) is 26.7. The number of hydrogen-bond acceptors (Lipinski definition) is 4. The lowest BCUT2D eigenvalue weighted by Gasteiger charge is -2.35. The van der Waals surface area contributed by atoms with Crippen LogP contribution >= 0.6 is 12.4 Å². The van der Waals surface area contributed by atoms with E-state index in [2.05, 4.69) is 17.4 Å². The Morgan fingerprint density at radius 3 is 2.33 bits per heavy atom. The number of aliphatic hydroxyl groups excluding tert-OH is 1. The summed E-state index contributed by atoms with van der Waals surface area (Å²) in [6, 6.07) is 18.1. The van der Waals surface area contributed by atoms with Gasteiger partial charge < -0.3 is 19.9 Å². The fourth-order valence-electron chi connectivity index (χ4n) is 4.14. The number of hydrogen-bond donors (Lipinski definition) is 2. The van der Waals surface area contributed by atoms with Crippen molar-refractivity contribution in [1.29, 1.82) is 0 Å². The number of nitrogens with one attached hydrogen (secondary N) is 1. The predicted octanol–water partition coefficient (Wildman–Crippen LogP) is 3.47. The maximum Gasteiger partial charge on any atom is 0.161 e. The van der Waals surface area contributed by atoms with Gasteiger partial charge >= 0.3 is 0 Å². The van der Waals surface area contributed by atoms with Crippen molar-refractivity contribution in [1.82, 2.24) is 5.32 Å². The van der Waals surface area contributed by atoms with Crippen LogP contribution in [-0.2, 0) is 6.42 Å². The lowest BCUT2D eigenvalue weighted by Crippen LogP contribution is -2.42. The first kappa shape index (κ1) is 20.0. The first-order chi connectivity index (χ1) is 12.8. The van der Waals surface area contributed by atoms with Gasteiger partial charge in [0.2, 0.25) is 0 Å². The predicted molar refractivity (Wildman–Crippen MR) is 109 cm³/mol. The number of aliphatic hydroxyl groups is 1. The third-order valence-electron chi connectivity index (χ3n) is 5.61. The van der Waals surface area contributed by atoms with Crippen molar-refractivity contribution in [2.75, 3.05) is 19.7 Å². The van der Waals surface area contributed by atoms with Gasteiger partial charge in [-0.3, -0.25) is 0 Å². The molecule has 2 aromatic rings. The Morgan fingerprint density at radius 1 is 0.889 bits per heavy atom. The zero-order valence-corrected chi connectivity index (χ0v) is 16.2. The third kappa shape index (κ3) is 4.95. The number of ether oxygens (including phenoxy) is 2. The Bertz CT molecular complexity index is 712. The molecule has 2 aromatic carbocycles. The summed E-state index contributed by atoms with van der Waals surface area (Å²) < 4.78 is 12.2. The van der Waals surface area contributed by atoms with E-state index in [1.165, 1.54) is 5.56 Å². The average Bonchev–Trinajstić information content (AvgIpc) is 3.11. The molecular weight excluding hydrogens is 362 g/mol. The maximum absolute atomic E-state index is 10.5. The Balaban J connectivity index is 0.00000210. The molecule has 0 unspecified atom stereocenters. The van der Waals surface area contributed by atoms with Crippen LogP contribution in [0.2, 0.25) is 0 Å². The van der Waals surface area contributed by atoms with Crippen LogP contribution in [0.1, 0.15) is 18.4 Å². The zero-order chi connectivity index (χ0) is 17.8. The van der Waals surface area contributed by atoms with Crippen molar-refractivity contribution in [2.45, 2.75) is 31.5 Å². The molecule has 1 aliphatic heterocycles. The summed E-state index contributed by atoms with van der Waals surface area (Å²) in [7, 11) is 0. The van der Waals surface area contributed by atoms with Crippen LogP contribution < -0.4 is 14.8 Å². The monoisotopic (exact) mass is 389 g/mol. The van der Waals surface area contributed by atoms with E-state index in [9.17, 15) is 5.11 Å².